The van der Waals surface area contributed by atoms with Gasteiger partial charge in [0.15, 0.2) is 0 Å². The Morgan fingerprint density at radius 1 is 1.29 bits per heavy atom. The van der Waals surface area contributed by atoms with Crippen molar-refractivity contribution in [2.45, 2.75) is 16.2 Å². The highest BCUT2D eigenvalue weighted by Crippen LogP contribution is 2.55. The number of benzene rings is 1. The van der Waals surface area contributed by atoms with E-state index in [1.165, 1.54) is 12.0 Å². The van der Waals surface area contributed by atoms with Crippen molar-refractivity contribution in [1.82, 2.24) is 5.32 Å². The van der Waals surface area contributed by atoms with E-state index in [4.69, 9.17) is 0 Å². The van der Waals surface area contributed by atoms with Crippen molar-refractivity contribution >= 4 is 31.9 Å². The number of halogens is 2. The molecule has 1 aliphatic carbocycles. The first-order valence-corrected chi connectivity index (χ1v) is 6.39. The predicted molar refractivity (Wildman–Crippen MR) is 66.8 cm³/mol. The molecule has 0 heterocycles. The van der Waals surface area contributed by atoms with Crippen LogP contribution in [0.2, 0.25) is 0 Å². The Bertz CT molecular complexity index is 297. The highest BCUT2D eigenvalue weighted by atomic mass is 79.9. The second-order valence-electron chi connectivity index (χ2n) is 3.78. The quantitative estimate of drug-likeness (QED) is 0.840. The van der Waals surface area contributed by atoms with Gasteiger partial charge in [0.2, 0.25) is 0 Å². The second kappa shape index (κ2) is 4.33. The smallest absolute Gasteiger partial charge is 0.0850 e. The third-order valence-electron chi connectivity index (χ3n) is 2.52. The van der Waals surface area contributed by atoms with Crippen LogP contribution in [-0.2, 0) is 6.54 Å². The Kier molecular flexibility index (Phi) is 3.30. The van der Waals surface area contributed by atoms with Crippen molar-refractivity contribution in [3.8, 4) is 0 Å². The minimum absolute atomic E-state index is 0.226. The summed E-state index contributed by atoms with van der Waals surface area (Å²) in [5.74, 6) is 0.728. The maximum absolute atomic E-state index is 3.62. The van der Waals surface area contributed by atoms with Gasteiger partial charge in [0.25, 0.3) is 0 Å². The van der Waals surface area contributed by atoms with Crippen LogP contribution in [0.15, 0.2) is 30.3 Å². The molecule has 0 unspecified atom stereocenters. The van der Waals surface area contributed by atoms with Gasteiger partial charge >= 0.3 is 0 Å². The molecule has 0 aromatic heterocycles. The Hall–Kier alpha value is 0.140. The molecule has 0 spiro atoms. The van der Waals surface area contributed by atoms with E-state index in [0.29, 0.717) is 0 Å². The zero-order valence-electron chi connectivity index (χ0n) is 7.84. The van der Waals surface area contributed by atoms with Crippen LogP contribution in [0.4, 0.5) is 0 Å². The standard InChI is InChI=1S/C11H13Br2N/c12-11(13)6-10(11)8-14-7-9-4-2-1-3-5-9/h1-5,10,14H,6-8H2/t10-/m1/s1. The molecule has 0 amide bonds. The zero-order valence-corrected chi connectivity index (χ0v) is 11.0. The van der Waals surface area contributed by atoms with E-state index < -0.39 is 0 Å². The first-order chi connectivity index (χ1) is 6.68. The summed E-state index contributed by atoms with van der Waals surface area (Å²) in [7, 11) is 0. The third kappa shape index (κ3) is 2.81. The lowest BCUT2D eigenvalue weighted by Gasteiger charge is -2.04. The van der Waals surface area contributed by atoms with Crippen LogP contribution < -0.4 is 5.32 Å². The predicted octanol–water partition coefficient (Wildman–Crippen LogP) is 3.28. The molecule has 3 heteroatoms. The molecule has 0 bridgehead atoms. The molecule has 1 atom stereocenters. The summed E-state index contributed by atoms with van der Waals surface area (Å²) in [6.07, 6.45) is 1.22. The number of nitrogens with one attached hydrogen (secondary N) is 1. The normalized spacial score (nSPS) is 23.4. The molecule has 14 heavy (non-hydrogen) atoms. The average molecular weight is 319 g/mol. The Morgan fingerprint density at radius 3 is 2.50 bits per heavy atom. The Labute approximate surface area is 102 Å². The van der Waals surface area contributed by atoms with Gasteiger partial charge in [-0.15, -0.1) is 0 Å². The average Bonchev–Trinajstić information content (AvgIpc) is 2.76. The van der Waals surface area contributed by atoms with Crippen molar-refractivity contribution in [2.24, 2.45) is 5.92 Å². The van der Waals surface area contributed by atoms with Crippen molar-refractivity contribution in [2.75, 3.05) is 6.54 Å². The van der Waals surface area contributed by atoms with E-state index in [-0.39, 0.29) is 3.23 Å². The Balaban J connectivity index is 1.69. The van der Waals surface area contributed by atoms with Crippen LogP contribution >= 0.6 is 31.9 Å². The first kappa shape index (κ1) is 10.7. The molecular formula is C11H13Br2N. The molecule has 1 N–H and O–H groups in total. The summed E-state index contributed by atoms with van der Waals surface area (Å²) in [5.41, 5.74) is 1.35. The molecule has 0 aliphatic heterocycles. The summed E-state index contributed by atoms with van der Waals surface area (Å²) < 4.78 is 0.226. The highest BCUT2D eigenvalue weighted by molar-refractivity contribution is 9.25. The summed E-state index contributed by atoms with van der Waals surface area (Å²) in [5, 5.41) is 3.46. The van der Waals surface area contributed by atoms with Gasteiger partial charge in [-0.25, -0.2) is 0 Å². The molecule has 1 aromatic rings. The summed E-state index contributed by atoms with van der Waals surface area (Å²) in [6.45, 7) is 2.04. The van der Waals surface area contributed by atoms with Crippen molar-refractivity contribution in [3.63, 3.8) is 0 Å². The molecule has 1 aromatic carbocycles. The van der Waals surface area contributed by atoms with Gasteiger partial charge < -0.3 is 5.32 Å². The summed E-state index contributed by atoms with van der Waals surface area (Å²) in [4.78, 5) is 0. The summed E-state index contributed by atoms with van der Waals surface area (Å²) >= 11 is 7.23. The lowest BCUT2D eigenvalue weighted by molar-refractivity contribution is 0.638. The molecule has 2 rings (SSSR count). The maximum Gasteiger partial charge on any atom is 0.0850 e. The van der Waals surface area contributed by atoms with Gasteiger partial charge in [-0.3, -0.25) is 0 Å². The molecule has 76 valence electrons. The molecule has 1 fully saturated rings. The number of alkyl halides is 2. The highest BCUT2D eigenvalue weighted by Gasteiger charge is 2.49. The van der Waals surface area contributed by atoms with Crippen LogP contribution in [0.3, 0.4) is 0 Å². The zero-order chi connectivity index (χ0) is 10.0. The Morgan fingerprint density at radius 2 is 1.93 bits per heavy atom. The molecule has 0 radical (unpaired) electrons. The van der Waals surface area contributed by atoms with Gasteiger partial charge in [-0.2, -0.15) is 0 Å². The van der Waals surface area contributed by atoms with Gasteiger partial charge in [0.05, 0.1) is 3.23 Å². The molecular weight excluding hydrogens is 306 g/mol. The lowest BCUT2D eigenvalue weighted by Crippen LogP contribution is -2.17. The van der Waals surface area contributed by atoms with E-state index in [9.17, 15) is 0 Å². The van der Waals surface area contributed by atoms with Gasteiger partial charge in [-0.05, 0) is 17.9 Å². The minimum atomic E-state index is 0.226. The minimum Gasteiger partial charge on any atom is -0.312 e. The first-order valence-electron chi connectivity index (χ1n) is 4.81. The number of hydrogen-bond donors (Lipinski definition) is 1. The number of hydrogen-bond acceptors (Lipinski definition) is 1. The van der Waals surface area contributed by atoms with E-state index >= 15 is 0 Å². The number of rotatable bonds is 4. The molecule has 1 nitrogen and oxygen atoms in total. The topological polar surface area (TPSA) is 12.0 Å². The lowest BCUT2D eigenvalue weighted by atomic mass is 10.2. The van der Waals surface area contributed by atoms with Crippen LogP contribution in [0.5, 0.6) is 0 Å². The fourth-order valence-electron chi connectivity index (χ4n) is 1.48. The van der Waals surface area contributed by atoms with Crippen LogP contribution in [0.1, 0.15) is 12.0 Å². The van der Waals surface area contributed by atoms with E-state index in [1.807, 2.05) is 6.07 Å². The second-order valence-corrected chi connectivity index (χ2v) is 7.67. The summed E-state index contributed by atoms with van der Waals surface area (Å²) in [6, 6.07) is 10.5. The van der Waals surface area contributed by atoms with Crippen LogP contribution in [0, 0.1) is 5.92 Å². The fraction of sp³-hybridized carbons (Fsp3) is 0.455. The van der Waals surface area contributed by atoms with Gasteiger partial charge in [-0.1, -0.05) is 62.2 Å². The van der Waals surface area contributed by atoms with Gasteiger partial charge in [0.1, 0.15) is 0 Å². The van der Waals surface area contributed by atoms with Gasteiger partial charge in [0, 0.05) is 13.1 Å². The van der Waals surface area contributed by atoms with Crippen molar-refractivity contribution < 1.29 is 0 Å². The van der Waals surface area contributed by atoms with E-state index in [2.05, 4.69) is 61.4 Å². The molecule has 0 saturated heterocycles. The SMILES string of the molecule is BrC1(Br)C[C@@H]1CNCc1ccccc1. The third-order valence-corrected chi connectivity index (χ3v) is 4.46. The van der Waals surface area contributed by atoms with E-state index in [0.717, 1.165) is 19.0 Å². The fourth-order valence-corrected chi connectivity index (χ4v) is 2.58. The van der Waals surface area contributed by atoms with E-state index in [1.54, 1.807) is 0 Å². The monoisotopic (exact) mass is 317 g/mol. The van der Waals surface area contributed by atoms with Crippen molar-refractivity contribution in [1.29, 1.82) is 0 Å². The maximum atomic E-state index is 3.62. The van der Waals surface area contributed by atoms with Crippen LogP contribution in [0.25, 0.3) is 0 Å². The molecule has 1 aliphatic rings. The van der Waals surface area contributed by atoms with Crippen molar-refractivity contribution in [3.05, 3.63) is 35.9 Å². The largest absolute Gasteiger partial charge is 0.312 e. The van der Waals surface area contributed by atoms with Crippen LogP contribution in [-0.4, -0.2) is 9.78 Å². The molecule has 1 saturated carbocycles.